The molecule has 1 fully saturated rings. The highest BCUT2D eigenvalue weighted by atomic mass is 16.6. The summed E-state index contributed by atoms with van der Waals surface area (Å²) < 4.78 is 33.5. The molecule has 3 rings (SSSR count). The second kappa shape index (κ2) is 35.5. The second-order valence-corrected chi connectivity index (χ2v) is 22.8. The van der Waals surface area contributed by atoms with Gasteiger partial charge in [-0.1, -0.05) is 12.1 Å². The number of nitrogens with one attached hydrogen (secondary N) is 4. The maximum atomic E-state index is 13.3. The Morgan fingerprint density at radius 3 is 1.50 bits per heavy atom. The number of nitrogens with zero attached hydrogens (tertiary/aromatic N) is 5. The first-order valence-corrected chi connectivity index (χ1v) is 27.8. The summed E-state index contributed by atoms with van der Waals surface area (Å²) >= 11 is 0. The average molecular weight is 1160 g/mol. The van der Waals surface area contributed by atoms with Crippen molar-refractivity contribution in [3.05, 3.63) is 47.5 Å². The minimum Gasteiger partial charge on any atom is -0.480 e. The molecule has 0 spiro atoms. The van der Waals surface area contributed by atoms with E-state index >= 15 is 0 Å². The molecule has 1 saturated heterocycles. The number of carboxylic acids is 1. The number of ether oxygens (including phenoxy) is 6. The van der Waals surface area contributed by atoms with Crippen molar-refractivity contribution in [3.8, 4) is 0 Å². The van der Waals surface area contributed by atoms with Gasteiger partial charge >= 0.3 is 23.9 Å². The van der Waals surface area contributed by atoms with Crippen molar-refractivity contribution in [1.82, 2.24) is 45.8 Å². The third-order valence-corrected chi connectivity index (χ3v) is 11.9. The van der Waals surface area contributed by atoms with Crippen molar-refractivity contribution >= 4 is 59.3 Å². The van der Waals surface area contributed by atoms with Gasteiger partial charge in [0.2, 0.25) is 17.7 Å². The molecule has 2 aliphatic rings. The summed E-state index contributed by atoms with van der Waals surface area (Å²) in [5.41, 5.74) is -1.24. The third kappa shape index (κ3) is 31.7. The lowest BCUT2D eigenvalue weighted by molar-refractivity contribution is -0.158. The number of imide groups is 1. The summed E-state index contributed by atoms with van der Waals surface area (Å²) in [6, 6.07) is 5.12. The third-order valence-electron chi connectivity index (χ3n) is 11.9. The molecule has 1 atom stereocenters. The molecule has 82 heavy (non-hydrogen) atoms. The minimum atomic E-state index is -1.27. The number of hydrogen-bond acceptors (Lipinski definition) is 20. The lowest BCUT2D eigenvalue weighted by Crippen LogP contribution is -2.50. The molecule has 0 saturated carbocycles. The minimum absolute atomic E-state index is 0.00799. The molecule has 0 unspecified atom stereocenters. The number of unbranched alkanes of at least 4 members (excludes halogenated alkanes) is 1. The summed E-state index contributed by atoms with van der Waals surface area (Å²) in [7, 11) is 0. The molecule has 5 N–H and O–H groups in total. The van der Waals surface area contributed by atoms with E-state index < -0.39 is 76.8 Å². The highest BCUT2D eigenvalue weighted by molar-refractivity contribution is 6.12. The summed E-state index contributed by atoms with van der Waals surface area (Å²) in [5, 5.41) is 20.0. The van der Waals surface area contributed by atoms with Gasteiger partial charge in [0.1, 0.15) is 29.5 Å². The predicted molar refractivity (Wildman–Crippen MR) is 299 cm³/mol. The Labute approximate surface area is 481 Å². The van der Waals surface area contributed by atoms with Crippen molar-refractivity contribution in [2.24, 2.45) is 0 Å². The van der Waals surface area contributed by atoms with Crippen molar-refractivity contribution in [2.45, 2.75) is 111 Å². The predicted octanol–water partition coefficient (Wildman–Crippen LogP) is 0.110. The van der Waals surface area contributed by atoms with Gasteiger partial charge in [-0.15, -0.1) is 0 Å². The number of carbonyl (C=O) groups excluding carboxylic acids is 9. The zero-order chi connectivity index (χ0) is 60.9. The Kier molecular flexibility index (Phi) is 30.3. The van der Waals surface area contributed by atoms with E-state index in [1.807, 2.05) is 19.6 Å². The van der Waals surface area contributed by atoms with Crippen LogP contribution in [0.15, 0.2) is 36.4 Å². The summed E-state index contributed by atoms with van der Waals surface area (Å²) in [6.45, 7) is 20.3. The van der Waals surface area contributed by atoms with Gasteiger partial charge in [-0.25, -0.2) is 4.79 Å². The van der Waals surface area contributed by atoms with Gasteiger partial charge in [0, 0.05) is 89.7 Å². The molecule has 0 aromatic heterocycles. The molecular weight excluding hydrogens is 1070 g/mol. The van der Waals surface area contributed by atoms with Crippen LogP contribution in [0.5, 0.6) is 0 Å². The first-order valence-electron chi connectivity index (χ1n) is 27.8. The van der Waals surface area contributed by atoms with Crippen molar-refractivity contribution < 1.29 is 81.5 Å². The summed E-state index contributed by atoms with van der Waals surface area (Å²) in [5.74, 6) is -5.26. The van der Waals surface area contributed by atoms with Crippen LogP contribution in [-0.4, -0.2) is 250 Å². The Hall–Kier alpha value is -6.42. The standard InChI is InChI=1S/C56H89N9O17/c1-54(2,3)80-49(71)37-62-22-20-61(21-23-63(38-50(72)81-55(4,5)6)25-27-64(26-24-62)39-51(73)82-56(7,8)9)36-45(67)57-18-28-77-29-30-78-31-32-79-40-46(68)58-34-41-13-12-14-42(33-41)52(74)59-35-44(66)60-43(53(75)76)15-10-11-19-65-47(69)16-17-48(65)70/h12-14,16-17,33,43H,10-11,15,18-32,34-40H2,1-9H3,(H,57,67)(H,58,68)(H,59,74)(H,60,66)(H,75,76)/t43-/m0/s1. The van der Waals surface area contributed by atoms with E-state index in [-0.39, 0.29) is 109 Å². The number of benzene rings is 1. The molecule has 2 aliphatic heterocycles. The van der Waals surface area contributed by atoms with Gasteiger partial charge < -0.3 is 54.8 Å². The number of carbonyl (C=O) groups is 10. The van der Waals surface area contributed by atoms with E-state index in [0.29, 0.717) is 70.8 Å². The Morgan fingerprint density at radius 2 is 1.02 bits per heavy atom. The van der Waals surface area contributed by atoms with Crippen LogP contribution in [0.4, 0.5) is 0 Å². The van der Waals surface area contributed by atoms with Crippen LogP contribution in [0.25, 0.3) is 0 Å². The molecule has 1 aromatic carbocycles. The fraction of sp³-hybridized carbons (Fsp3) is 0.679. The van der Waals surface area contributed by atoms with Gasteiger partial charge in [-0.05, 0) is 99.3 Å². The first-order chi connectivity index (χ1) is 38.5. The van der Waals surface area contributed by atoms with E-state index in [1.54, 1.807) is 74.4 Å². The molecular formula is C56H89N9O17. The average Bonchev–Trinajstić information content (AvgIpc) is 3.74. The fourth-order valence-corrected chi connectivity index (χ4v) is 8.12. The number of amides is 6. The van der Waals surface area contributed by atoms with Crippen molar-refractivity contribution in [2.75, 3.05) is 138 Å². The molecule has 6 amide bonds. The Bertz CT molecular complexity index is 2250. The van der Waals surface area contributed by atoms with Gasteiger partial charge in [0.25, 0.3) is 17.7 Å². The lowest BCUT2D eigenvalue weighted by Gasteiger charge is -2.34. The monoisotopic (exact) mass is 1160 g/mol. The highest BCUT2D eigenvalue weighted by Gasteiger charge is 2.28. The maximum Gasteiger partial charge on any atom is 0.326 e. The highest BCUT2D eigenvalue weighted by Crippen LogP contribution is 2.13. The van der Waals surface area contributed by atoms with E-state index in [0.717, 1.165) is 17.1 Å². The number of rotatable bonds is 31. The largest absolute Gasteiger partial charge is 0.480 e. The van der Waals surface area contributed by atoms with Gasteiger partial charge in [0.15, 0.2) is 0 Å². The van der Waals surface area contributed by atoms with Crippen LogP contribution in [-0.2, 0) is 78.1 Å². The molecule has 0 radical (unpaired) electrons. The topological polar surface area (TPSA) is 311 Å². The second-order valence-electron chi connectivity index (χ2n) is 22.8. The van der Waals surface area contributed by atoms with E-state index in [1.165, 1.54) is 12.1 Å². The van der Waals surface area contributed by atoms with Crippen LogP contribution >= 0.6 is 0 Å². The molecule has 26 heteroatoms. The molecule has 1 aromatic rings. The maximum absolute atomic E-state index is 13.3. The van der Waals surface area contributed by atoms with Crippen molar-refractivity contribution in [3.63, 3.8) is 0 Å². The van der Waals surface area contributed by atoms with Crippen molar-refractivity contribution in [1.29, 1.82) is 0 Å². The number of esters is 3. The first kappa shape index (κ1) is 69.8. The number of aliphatic carboxylic acids is 1. The fourth-order valence-electron chi connectivity index (χ4n) is 8.12. The zero-order valence-electron chi connectivity index (χ0n) is 49.4. The Balaban J connectivity index is 1.36. The van der Waals surface area contributed by atoms with E-state index in [2.05, 4.69) is 21.3 Å². The van der Waals surface area contributed by atoms with Crippen LogP contribution in [0, 0.1) is 0 Å². The molecule has 0 bridgehead atoms. The normalized spacial score (nSPS) is 15.9. The lowest BCUT2D eigenvalue weighted by atomic mass is 10.1. The SMILES string of the molecule is CC(C)(C)OC(=O)CN1CCN(CC(=O)NCCOCCOCCOCC(=O)NCc2cccc(C(=O)NCC(=O)N[C@@H](CCCCN3C(=O)C=CC3=O)C(=O)O)c2)CCN(CC(=O)OC(C)(C)C)CCN(CC(=O)OC(C)(C)C)CC1. The van der Waals surface area contributed by atoms with Crippen LogP contribution in [0.2, 0.25) is 0 Å². The molecule has 26 nitrogen and oxygen atoms in total. The zero-order valence-corrected chi connectivity index (χ0v) is 49.4. The van der Waals surface area contributed by atoms with E-state index in [4.69, 9.17) is 28.4 Å². The molecule has 0 aliphatic carbocycles. The van der Waals surface area contributed by atoms with Gasteiger partial charge in [-0.2, -0.15) is 0 Å². The number of hydrogen-bond donors (Lipinski definition) is 5. The van der Waals surface area contributed by atoms with Crippen LogP contribution in [0.1, 0.15) is 97.5 Å². The smallest absolute Gasteiger partial charge is 0.326 e. The molecule has 460 valence electrons. The van der Waals surface area contributed by atoms with Gasteiger partial charge in [0.05, 0.1) is 65.8 Å². The molecule has 2 heterocycles. The van der Waals surface area contributed by atoms with Crippen LogP contribution in [0.3, 0.4) is 0 Å². The Morgan fingerprint density at radius 1 is 0.561 bits per heavy atom. The number of carboxylic acid groups (broad SMARTS) is 1. The summed E-state index contributed by atoms with van der Waals surface area (Å²) in [4.78, 5) is 134. The quantitative estimate of drug-likeness (QED) is 0.0285. The van der Waals surface area contributed by atoms with Gasteiger partial charge in [-0.3, -0.25) is 67.7 Å². The van der Waals surface area contributed by atoms with E-state index in [9.17, 15) is 53.1 Å². The van der Waals surface area contributed by atoms with Crippen LogP contribution < -0.4 is 21.3 Å². The summed E-state index contributed by atoms with van der Waals surface area (Å²) in [6.07, 6.45) is 3.04.